The summed E-state index contributed by atoms with van der Waals surface area (Å²) in [5.74, 6) is 0. The third kappa shape index (κ3) is 6.24. The molecule has 0 N–H and O–H groups in total. The number of anilines is 6. The summed E-state index contributed by atoms with van der Waals surface area (Å²) in [6, 6.07) is 97.2. The van der Waals surface area contributed by atoms with Crippen molar-refractivity contribution in [1.82, 2.24) is 9.13 Å². The smallest absolute Gasteiger partial charge is 0.0546 e. The van der Waals surface area contributed by atoms with Gasteiger partial charge >= 0.3 is 0 Å². The number of aromatic nitrogens is 2. The molecule has 328 valence electrons. The maximum absolute atomic E-state index is 2.43. The first-order valence-electron chi connectivity index (χ1n) is 24.0. The van der Waals surface area contributed by atoms with E-state index in [1.54, 1.807) is 0 Å². The summed E-state index contributed by atoms with van der Waals surface area (Å²) in [4.78, 5) is 4.85. The molecule has 0 unspecified atom stereocenters. The van der Waals surface area contributed by atoms with Crippen LogP contribution in [-0.2, 0) is 0 Å². The van der Waals surface area contributed by atoms with E-state index in [0.717, 1.165) is 50.9 Å². The SMILES string of the molecule is c1ccc(N(c2ccc(-n3c4ccccc4c4ccccc43)cc2)c2cc3cc(N(c4ccccc4)c4ccc(-n5c6ccccc6c6ccccc65)cc4)c4ccccc4c3c3ccccc23)cc1. The fourth-order valence-corrected chi connectivity index (χ4v) is 11.2. The Hall–Kier alpha value is -9.38. The van der Waals surface area contributed by atoms with E-state index in [2.05, 4.69) is 286 Å². The first kappa shape index (κ1) is 39.8. The van der Waals surface area contributed by atoms with Gasteiger partial charge in [-0.05, 0) is 131 Å². The van der Waals surface area contributed by atoms with Crippen LogP contribution in [0.15, 0.2) is 267 Å². The zero-order chi connectivity index (χ0) is 46.1. The molecule has 0 amide bonds. The summed E-state index contributed by atoms with van der Waals surface area (Å²) < 4.78 is 4.77. The van der Waals surface area contributed by atoms with Gasteiger partial charge < -0.3 is 18.9 Å². The monoisotopic (exact) mass is 892 g/mol. The number of rotatable bonds is 8. The molecule has 0 aliphatic carbocycles. The van der Waals surface area contributed by atoms with Crippen molar-refractivity contribution in [2.24, 2.45) is 0 Å². The van der Waals surface area contributed by atoms with Crippen LogP contribution in [0.1, 0.15) is 0 Å². The van der Waals surface area contributed by atoms with Crippen molar-refractivity contribution < 1.29 is 0 Å². The minimum Gasteiger partial charge on any atom is -0.310 e. The molecule has 2 heterocycles. The standard InChI is InChI=1S/C66H44N4/c1-3-19-46(20-4-1)67(48-35-39-50(40-36-48)69-60-31-15-11-23-52(60)53-24-12-16-32-61(53)69)64-43-45-44-65(57-28-8-10-30-59(57)66(45)58-29-9-7-27-56(58)64)68(47-21-5-2-6-22-47)49-37-41-51(42-38-49)70-62-33-17-13-25-54(62)55-26-14-18-34-63(55)70/h1-44H. The van der Waals surface area contributed by atoms with Crippen LogP contribution < -0.4 is 9.80 Å². The molecule has 0 aliphatic heterocycles. The van der Waals surface area contributed by atoms with Crippen LogP contribution in [0.5, 0.6) is 0 Å². The quantitative estimate of drug-likeness (QED) is 0.141. The summed E-state index contributed by atoms with van der Waals surface area (Å²) in [6.45, 7) is 0. The highest BCUT2D eigenvalue weighted by Gasteiger charge is 2.23. The molecule has 0 aliphatic rings. The highest BCUT2D eigenvalue weighted by molar-refractivity contribution is 6.26. The highest BCUT2D eigenvalue weighted by Crippen LogP contribution is 2.48. The molecule has 0 atom stereocenters. The van der Waals surface area contributed by atoms with Gasteiger partial charge in [-0.2, -0.15) is 0 Å². The van der Waals surface area contributed by atoms with E-state index in [-0.39, 0.29) is 0 Å². The fourth-order valence-electron chi connectivity index (χ4n) is 11.2. The predicted octanol–water partition coefficient (Wildman–Crippen LogP) is 18.3. The lowest BCUT2D eigenvalue weighted by atomic mass is 9.93. The molecule has 0 saturated carbocycles. The van der Waals surface area contributed by atoms with Crippen molar-refractivity contribution >= 4 is 110 Å². The third-order valence-electron chi connectivity index (χ3n) is 14.2. The summed E-state index contributed by atoms with van der Waals surface area (Å²) in [6.07, 6.45) is 0. The van der Waals surface area contributed by atoms with Crippen LogP contribution in [0.2, 0.25) is 0 Å². The Morgan fingerprint density at radius 3 is 0.843 bits per heavy atom. The number of para-hydroxylation sites is 6. The van der Waals surface area contributed by atoms with Crippen molar-refractivity contribution in [2.45, 2.75) is 0 Å². The summed E-state index contributed by atoms with van der Waals surface area (Å²) in [5.41, 5.74) is 13.6. The van der Waals surface area contributed by atoms with E-state index >= 15 is 0 Å². The van der Waals surface area contributed by atoms with E-state index in [1.807, 2.05) is 0 Å². The highest BCUT2D eigenvalue weighted by atomic mass is 15.2. The zero-order valence-corrected chi connectivity index (χ0v) is 38.2. The van der Waals surface area contributed by atoms with Gasteiger partial charge in [0.25, 0.3) is 0 Å². The van der Waals surface area contributed by atoms with Crippen LogP contribution in [-0.4, -0.2) is 9.13 Å². The minimum atomic E-state index is 1.08. The Morgan fingerprint density at radius 2 is 0.500 bits per heavy atom. The lowest BCUT2D eigenvalue weighted by Crippen LogP contribution is -2.12. The van der Waals surface area contributed by atoms with Gasteiger partial charge in [0.05, 0.1) is 33.4 Å². The molecule has 14 aromatic rings. The van der Waals surface area contributed by atoms with Crippen LogP contribution in [0, 0.1) is 0 Å². The van der Waals surface area contributed by atoms with Crippen molar-refractivity contribution in [3.8, 4) is 11.4 Å². The molecule has 4 heteroatoms. The lowest BCUT2D eigenvalue weighted by molar-refractivity contribution is 1.17. The number of hydrogen-bond acceptors (Lipinski definition) is 2. The molecule has 0 spiro atoms. The molecule has 0 fully saturated rings. The lowest BCUT2D eigenvalue weighted by Gasteiger charge is -2.30. The second kappa shape index (κ2) is 16.2. The Kier molecular flexibility index (Phi) is 9.17. The minimum absolute atomic E-state index is 1.08. The first-order valence-corrected chi connectivity index (χ1v) is 24.0. The maximum Gasteiger partial charge on any atom is 0.0546 e. The van der Waals surface area contributed by atoms with Gasteiger partial charge in [-0.25, -0.2) is 0 Å². The topological polar surface area (TPSA) is 16.3 Å². The summed E-state index contributed by atoms with van der Waals surface area (Å²) in [7, 11) is 0. The number of hydrogen-bond donors (Lipinski definition) is 0. The molecule has 70 heavy (non-hydrogen) atoms. The average molecular weight is 893 g/mol. The van der Waals surface area contributed by atoms with Gasteiger partial charge in [0, 0.05) is 66.4 Å². The fraction of sp³-hybridized carbons (Fsp3) is 0. The Morgan fingerprint density at radius 1 is 0.229 bits per heavy atom. The van der Waals surface area contributed by atoms with Crippen LogP contribution in [0.4, 0.5) is 34.1 Å². The maximum atomic E-state index is 2.43. The Balaban J connectivity index is 0.964. The van der Waals surface area contributed by atoms with E-state index in [1.165, 1.54) is 70.5 Å². The largest absolute Gasteiger partial charge is 0.310 e. The van der Waals surface area contributed by atoms with Crippen molar-refractivity contribution in [3.63, 3.8) is 0 Å². The molecular weight excluding hydrogens is 849 g/mol. The van der Waals surface area contributed by atoms with E-state index in [9.17, 15) is 0 Å². The van der Waals surface area contributed by atoms with Crippen LogP contribution in [0.25, 0.3) is 87.3 Å². The Labute approximate surface area is 405 Å². The molecule has 12 aromatic carbocycles. The van der Waals surface area contributed by atoms with Crippen molar-refractivity contribution in [3.05, 3.63) is 267 Å². The second-order valence-electron chi connectivity index (χ2n) is 18.1. The normalized spacial score (nSPS) is 11.7. The molecule has 0 saturated heterocycles. The molecule has 4 nitrogen and oxygen atoms in total. The number of fused-ring (bicyclic) bond motifs is 11. The molecule has 2 aromatic heterocycles. The molecule has 14 rings (SSSR count). The number of nitrogens with zero attached hydrogens (tertiary/aromatic N) is 4. The van der Waals surface area contributed by atoms with E-state index in [0.29, 0.717) is 0 Å². The van der Waals surface area contributed by atoms with Gasteiger partial charge in [-0.3, -0.25) is 0 Å². The van der Waals surface area contributed by atoms with Crippen molar-refractivity contribution in [1.29, 1.82) is 0 Å². The van der Waals surface area contributed by atoms with Gasteiger partial charge in [-0.1, -0.05) is 158 Å². The van der Waals surface area contributed by atoms with Crippen molar-refractivity contribution in [2.75, 3.05) is 9.80 Å². The summed E-state index contributed by atoms with van der Waals surface area (Å²) >= 11 is 0. The zero-order valence-electron chi connectivity index (χ0n) is 38.2. The van der Waals surface area contributed by atoms with Gasteiger partial charge in [0.1, 0.15) is 0 Å². The number of benzene rings is 12. The first-order chi connectivity index (χ1) is 34.8. The van der Waals surface area contributed by atoms with Gasteiger partial charge in [0.2, 0.25) is 0 Å². The van der Waals surface area contributed by atoms with Gasteiger partial charge in [0.15, 0.2) is 0 Å². The van der Waals surface area contributed by atoms with Crippen LogP contribution in [0.3, 0.4) is 0 Å². The van der Waals surface area contributed by atoms with Gasteiger partial charge in [-0.15, -0.1) is 0 Å². The summed E-state index contributed by atoms with van der Waals surface area (Å²) in [5, 5.41) is 12.2. The average Bonchev–Trinajstić information content (AvgIpc) is 3.95. The molecule has 0 bridgehead atoms. The van der Waals surface area contributed by atoms with E-state index < -0.39 is 0 Å². The third-order valence-corrected chi connectivity index (χ3v) is 14.2. The predicted molar refractivity (Wildman–Crippen MR) is 297 cm³/mol. The molecule has 0 radical (unpaired) electrons. The van der Waals surface area contributed by atoms with E-state index in [4.69, 9.17) is 0 Å². The second-order valence-corrected chi connectivity index (χ2v) is 18.1. The van der Waals surface area contributed by atoms with Crippen LogP contribution >= 0.6 is 0 Å². The Bertz CT molecular complexity index is 3900. The molecular formula is C66H44N4.